The molecule has 0 saturated carbocycles. The number of halogens is 2. The molecule has 6 nitrogen and oxygen atoms in total. The lowest BCUT2D eigenvalue weighted by molar-refractivity contribution is -0.118. The third-order valence-corrected chi connectivity index (χ3v) is 5.75. The first kappa shape index (κ1) is 21.6. The summed E-state index contributed by atoms with van der Waals surface area (Å²) in [4.78, 5) is 12.0. The molecule has 0 fully saturated rings. The second kappa shape index (κ2) is 9.15. The maximum Gasteiger partial charge on any atom is 0.262 e. The Morgan fingerprint density at radius 3 is 2.50 bits per heavy atom. The molecule has 30 heavy (non-hydrogen) atoms. The van der Waals surface area contributed by atoms with Crippen molar-refractivity contribution in [1.82, 2.24) is 0 Å². The first-order chi connectivity index (χ1) is 14.2. The van der Waals surface area contributed by atoms with Crippen LogP contribution >= 0.6 is 11.6 Å². The number of hydrogen-bond acceptors (Lipinski definition) is 4. The molecule has 3 aromatic carbocycles. The number of benzene rings is 3. The van der Waals surface area contributed by atoms with Crippen LogP contribution in [0.4, 0.5) is 15.8 Å². The summed E-state index contributed by atoms with van der Waals surface area (Å²) in [5.74, 6) is -0.843. The van der Waals surface area contributed by atoms with Crippen LogP contribution in [0.3, 0.4) is 0 Å². The summed E-state index contributed by atoms with van der Waals surface area (Å²) < 4.78 is 46.1. The molecule has 1 amide bonds. The molecule has 0 heterocycles. The van der Waals surface area contributed by atoms with E-state index in [1.807, 2.05) is 0 Å². The normalized spacial score (nSPS) is 11.0. The molecule has 0 bridgehead atoms. The van der Waals surface area contributed by atoms with Crippen LogP contribution in [0.1, 0.15) is 5.56 Å². The van der Waals surface area contributed by atoms with Crippen LogP contribution in [0.15, 0.2) is 71.6 Å². The number of sulfonamides is 1. The third-order valence-electron chi connectivity index (χ3n) is 4.07. The third kappa shape index (κ3) is 5.49. The van der Waals surface area contributed by atoms with Crippen molar-refractivity contribution in [3.63, 3.8) is 0 Å². The van der Waals surface area contributed by atoms with E-state index >= 15 is 0 Å². The Hall–Kier alpha value is -3.10. The average molecular weight is 449 g/mol. The maximum atomic E-state index is 13.3. The number of aryl methyl sites for hydroxylation is 1. The van der Waals surface area contributed by atoms with Crippen molar-refractivity contribution in [2.75, 3.05) is 16.6 Å². The smallest absolute Gasteiger partial charge is 0.262 e. The van der Waals surface area contributed by atoms with Crippen LogP contribution < -0.4 is 14.8 Å². The van der Waals surface area contributed by atoms with E-state index in [4.69, 9.17) is 16.3 Å². The van der Waals surface area contributed by atoms with Gasteiger partial charge in [0.05, 0.1) is 9.92 Å². The molecule has 0 aromatic heterocycles. The molecule has 2 N–H and O–H groups in total. The van der Waals surface area contributed by atoms with E-state index in [0.29, 0.717) is 16.9 Å². The number of rotatable bonds is 7. The van der Waals surface area contributed by atoms with Gasteiger partial charge >= 0.3 is 0 Å². The van der Waals surface area contributed by atoms with Gasteiger partial charge in [-0.25, -0.2) is 12.8 Å². The highest BCUT2D eigenvalue weighted by Crippen LogP contribution is 2.28. The molecule has 3 rings (SSSR count). The molecule has 0 saturated heterocycles. The van der Waals surface area contributed by atoms with Crippen LogP contribution in [0, 0.1) is 12.7 Å². The van der Waals surface area contributed by atoms with Gasteiger partial charge in [0.25, 0.3) is 15.9 Å². The first-order valence-corrected chi connectivity index (χ1v) is 10.7. The summed E-state index contributed by atoms with van der Waals surface area (Å²) in [6.07, 6.45) is 0. The van der Waals surface area contributed by atoms with Gasteiger partial charge in [0.1, 0.15) is 11.6 Å². The van der Waals surface area contributed by atoms with Crippen molar-refractivity contribution in [1.29, 1.82) is 0 Å². The van der Waals surface area contributed by atoms with Gasteiger partial charge in [-0.3, -0.25) is 9.52 Å². The van der Waals surface area contributed by atoms with E-state index in [9.17, 15) is 17.6 Å². The first-order valence-electron chi connectivity index (χ1n) is 8.81. The van der Waals surface area contributed by atoms with Gasteiger partial charge in [-0.1, -0.05) is 35.9 Å². The molecule has 0 aliphatic heterocycles. The van der Waals surface area contributed by atoms with Gasteiger partial charge in [0.2, 0.25) is 0 Å². The molecule has 0 aliphatic carbocycles. The van der Waals surface area contributed by atoms with Gasteiger partial charge in [-0.15, -0.1) is 0 Å². The molecule has 3 aromatic rings. The van der Waals surface area contributed by atoms with Gasteiger partial charge < -0.3 is 10.1 Å². The van der Waals surface area contributed by atoms with E-state index in [1.165, 1.54) is 30.3 Å². The summed E-state index contributed by atoms with van der Waals surface area (Å²) in [5.41, 5.74) is 1.45. The molecular weight excluding hydrogens is 431 g/mol. The largest absolute Gasteiger partial charge is 0.482 e. The molecule has 0 aliphatic rings. The number of amides is 1. The molecule has 0 spiro atoms. The zero-order valence-electron chi connectivity index (χ0n) is 15.9. The lowest BCUT2D eigenvalue weighted by atomic mass is 10.2. The minimum absolute atomic E-state index is 0.0284. The minimum Gasteiger partial charge on any atom is -0.482 e. The predicted molar refractivity (Wildman–Crippen MR) is 114 cm³/mol. The van der Waals surface area contributed by atoms with E-state index in [0.717, 1.165) is 0 Å². The summed E-state index contributed by atoms with van der Waals surface area (Å²) in [6.45, 7) is 1.35. The van der Waals surface area contributed by atoms with Crippen LogP contribution in [-0.2, 0) is 14.8 Å². The van der Waals surface area contributed by atoms with E-state index in [2.05, 4.69) is 10.0 Å². The SMILES string of the molecule is Cc1ccc(F)cc1NC(=O)COc1ccc(S(=O)(=O)Nc2ccccc2)cc1Cl. The van der Waals surface area contributed by atoms with E-state index in [-0.39, 0.29) is 22.3 Å². The summed E-state index contributed by atoms with van der Waals surface area (Å²) in [6, 6.07) is 16.4. The zero-order chi connectivity index (χ0) is 21.7. The zero-order valence-corrected chi connectivity index (χ0v) is 17.4. The number of ether oxygens (including phenoxy) is 1. The Kier molecular flexibility index (Phi) is 6.59. The second-order valence-electron chi connectivity index (χ2n) is 6.36. The molecule has 0 atom stereocenters. The van der Waals surface area contributed by atoms with Crippen molar-refractivity contribution in [2.24, 2.45) is 0 Å². The molecular formula is C21H18ClFN2O4S. The van der Waals surface area contributed by atoms with Crippen LogP contribution in [-0.4, -0.2) is 20.9 Å². The highest BCUT2D eigenvalue weighted by molar-refractivity contribution is 7.92. The Balaban J connectivity index is 1.65. The Morgan fingerprint density at radius 1 is 1.07 bits per heavy atom. The molecule has 0 unspecified atom stereocenters. The van der Waals surface area contributed by atoms with Crippen LogP contribution in [0.2, 0.25) is 5.02 Å². The second-order valence-corrected chi connectivity index (χ2v) is 8.45. The maximum absolute atomic E-state index is 13.3. The van der Waals surface area contributed by atoms with Crippen LogP contribution in [0.5, 0.6) is 5.75 Å². The van der Waals surface area contributed by atoms with Crippen molar-refractivity contribution in [3.05, 3.63) is 83.1 Å². The van der Waals surface area contributed by atoms with Gasteiger partial charge in [0.15, 0.2) is 6.61 Å². The average Bonchev–Trinajstić information content (AvgIpc) is 2.70. The topological polar surface area (TPSA) is 84.5 Å². The molecule has 9 heteroatoms. The monoisotopic (exact) mass is 448 g/mol. The number of carbonyl (C=O) groups is 1. The lowest BCUT2D eigenvalue weighted by Crippen LogP contribution is -2.21. The van der Waals surface area contributed by atoms with Crippen molar-refractivity contribution >= 4 is 38.9 Å². The summed E-state index contributed by atoms with van der Waals surface area (Å²) >= 11 is 6.13. The van der Waals surface area contributed by atoms with Gasteiger partial charge in [-0.05, 0) is 55.0 Å². The number of para-hydroxylation sites is 1. The van der Waals surface area contributed by atoms with Crippen molar-refractivity contribution in [2.45, 2.75) is 11.8 Å². The predicted octanol–water partition coefficient (Wildman–Crippen LogP) is 4.61. The summed E-state index contributed by atoms with van der Waals surface area (Å²) in [7, 11) is -3.84. The van der Waals surface area contributed by atoms with E-state index < -0.39 is 21.7 Å². The van der Waals surface area contributed by atoms with Crippen molar-refractivity contribution < 1.29 is 22.3 Å². The van der Waals surface area contributed by atoms with E-state index in [1.54, 1.807) is 43.3 Å². The van der Waals surface area contributed by atoms with Crippen molar-refractivity contribution in [3.8, 4) is 5.75 Å². The lowest BCUT2D eigenvalue weighted by Gasteiger charge is -2.12. The quantitative estimate of drug-likeness (QED) is 0.553. The minimum atomic E-state index is -3.84. The Labute approximate surface area is 178 Å². The highest BCUT2D eigenvalue weighted by Gasteiger charge is 2.17. The van der Waals surface area contributed by atoms with Gasteiger partial charge in [-0.2, -0.15) is 0 Å². The number of carbonyl (C=O) groups excluding carboxylic acids is 1. The Bertz CT molecular complexity index is 1170. The Morgan fingerprint density at radius 2 is 1.80 bits per heavy atom. The fraction of sp³-hybridized carbons (Fsp3) is 0.0952. The molecule has 0 radical (unpaired) electrons. The fourth-order valence-electron chi connectivity index (χ4n) is 2.54. The number of nitrogens with one attached hydrogen (secondary N) is 2. The van der Waals surface area contributed by atoms with Crippen LogP contribution in [0.25, 0.3) is 0 Å². The highest BCUT2D eigenvalue weighted by atomic mass is 35.5. The number of hydrogen-bond donors (Lipinski definition) is 2. The fourth-order valence-corrected chi connectivity index (χ4v) is 3.93. The molecule has 156 valence electrons. The van der Waals surface area contributed by atoms with Gasteiger partial charge in [0, 0.05) is 11.4 Å². The number of anilines is 2. The summed E-state index contributed by atoms with van der Waals surface area (Å²) in [5, 5.41) is 2.58. The standard InChI is InChI=1S/C21H18ClFN2O4S/c1-14-7-8-15(23)11-19(14)24-21(26)13-29-20-10-9-17(12-18(20)22)30(27,28)25-16-5-3-2-4-6-16/h2-12,25H,13H2,1H3,(H,24,26).